The minimum absolute atomic E-state index is 0.497. The Labute approximate surface area is 193 Å². The second-order valence-corrected chi connectivity index (χ2v) is 8.38. The first-order chi connectivity index (χ1) is 15.7. The van der Waals surface area contributed by atoms with Crippen LogP contribution in [0.1, 0.15) is 38.1 Å². The summed E-state index contributed by atoms with van der Waals surface area (Å²) < 4.78 is 7.79. The van der Waals surface area contributed by atoms with Crippen LogP contribution in [0.25, 0.3) is 0 Å². The molecule has 1 unspecified atom stereocenters. The minimum Gasteiger partial charge on any atom is -0.379 e. The summed E-state index contributed by atoms with van der Waals surface area (Å²) in [5.74, 6) is 2.61. The van der Waals surface area contributed by atoms with Gasteiger partial charge in [0.2, 0.25) is 0 Å². The van der Waals surface area contributed by atoms with Gasteiger partial charge in [0.15, 0.2) is 5.96 Å². The van der Waals surface area contributed by atoms with Crippen LogP contribution >= 0.6 is 0 Å². The van der Waals surface area contributed by atoms with Crippen molar-refractivity contribution in [1.82, 2.24) is 25.1 Å². The Bertz CT molecular complexity index is 796. The van der Waals surface area contributed by atoms with Crippen LogP contribution in [0, 0.1) is 5.92 Å². The van der Waals surface area contributed by atoms with Crippen molar-refractivity contribution in [2.45, 2.75) is 45.7 Å². The van der Waals surface area contributed by atoms with Crippen molar-refractivity contribution >= 4 is 5.96 Å². The fourth-order valence-electron chi connectivity index (χ4n) is 4.54. The molecule has 2 aromatic rings. The molecule has 0 saturated carbocycles. The van der Waals surface area contributed by atoms with Gasteiger partial charge >= 0.3 is 0 Å². The summed E-state index contributed by atoms with van der Waals surface area (Å²) in [5, 5.41) is 7.05. The van der Waals surface area contributed by atoms with E-state index in [1.165, 1.54) is 18.4 Å². The van der Waals surface area contributed by atoms with Crippen molar-refractivity contribution in [3.63, 3.8) is 0 Å². The Morgan fingerprint density at radius 3 is 2.56 bits per heavy atom. The summed E-state index contributed by atoms with van der Waals surface area (Å²) in [4.78, 5) is 11.6. The molecule has 0 radical (unpaired) electrons. The van der Waals surface area contributed by atoms with E-state index in [1.54, 1.807) is 0 Å². The second-order valence-electron chi connectivity index (χ2n) is 8.38. The van der Waals surface area contributed by atoms with Crippen LogP contribution in [0.5, 0.6) is 0 Å². The lowest BCUT2D eigenvalue weighted by molar-refractivity contribution is 0.00272. The molecular weight excluding hydrogens is 400 g/mol. The summed E-state index contributed by atoms with van der Waals surface area (Å²) in [7, 11) is 1.84. The first-order valence-electron chi connectivity index (χ1n) is 12.0. The topological polar surface area (TPSA) is 66.7 Å². The lowest BCUT2D eigenvalue weighted by atomic mass is 9.92. The number of benzene rings is 1. The van der Waals surface area contributed by atoms with Gasteiger partial charge in [-0.05, 0) is 11.5 Å². The number of imidazole rings is 1. The largest absolute Gasteiger partial charge is 0.379 e. The van der Waals surface area contributed by atoms with Crippen molar-refractivity contribution in [3.8, 4) is 0 Å². The molecule has 1 aliphatic rings. The summed E-state index contributed by atoms with van der Waals surface area (Å²) >= 11 is 0. The third kappa shape index (κ3) is 7.07. The van der Waals surface area contributed by atoms with Crippen molar-refractivity contribution in [2.75, 3.05) is 46.4 Å². The molecule has 1 aromatic heterocycles. The lowest BCUT2D eigenvalue weighted by Crippen LogP contribution is -2.53. The van der Waals surface area contributed by atoms with Gasteiger partial charge in [-0.1, -0.05) is 57.0 Å². The molecule has 1 saturated heterocycles. The van der Waals surface area contributed by atoms with Crippen LogP contribution in [-0.4, -0.2) is 72.9 Å². The van der Waals surface area contributed by atoms with E-state index in [9.17, 15) is 0 Å². The van der Waals surface area contributed by atoms with Gasteiger partial charge in [-0.2, -0.15) is 0 Å². The predicted molar refractivity (Wildman–Crippen MR) is 131 cm³/mol. The molecule has 176 valence electrons. The van der Waals surface area contributed by atoms with E-state index in [1.807, 2.05) is 19.3 Å². The molecule has 0 amide bonds. The van der Waals surface area contributed by atoms with Crippen molar-refractivity contribution < 1.29 is 4.74 Å². The number of morpholine rings is 1. The Morgan fingerprint density at radius 1 is 1.12 bits per heavy atom. The quantitative estimate of drug-likeness (QED) is 0.415. The molecule has 0 spiro atoms. The number of nitrogens with zero attached hydrogens (tertiary/aromatic N) is 4. The van der Waals surface area contributed by atoms with Gasteiger partial charge in [0.1, 0.15) is 5.82 Å². The standard InChI is InChI=1S/C25H40N6O/c1-4-22(5-2)23(30-15-17-32-18-16-30)19-29-25(26-3)28-12-11-24-27-13-14-31(24)20-21-9-7-6-8-10-21/h6-10,13-14,22-23H,4-5,11-12,15-20H2,1-3H3,(H2,26,28,29). The van der Waals surface area contributed by atoms with Gasteiger partial charge in [0.25, 0.3) is 0 Å². The zero-order chi connectivity index (χ0) is 22.6. The average Bonchev–Trinajstić information content (AvgIpc) is 3.28. The third-order valence-corrected chi connectivity index (χ3v) is 6.45. The van der Waals surface area contributed by atoms with E-state index in [-0.39, 0.29) is 0 Å². The molecule has 0 aliphatic carbocycles. The first kappa shape index (κ1) is 24.3. The molecule has 3 rings (SSSR count). The van der Waals surface area contributed by atoms with E-state index in [2.05, 4.69) is 74.4 Å². The van der Waals surface area contributed by atoms with Crippen LogP contribution in [0.4, 0.5) is 0 Å². The Balaban J connectivity index is 1.50. The summed E-state index contributed by atoms with van der Waals surface area (Å²) in [6, 6.07) is 11.0. The van der Waals surface area contributed by atoms with Gasteiger partial charge in [-0.15, -0.1) is 0 Å². The summed E-state index contributed by atoms with van der Waals surface area (Å²) in [6.07, 6.45) is 7.17. The zero-order valence-electron chi connectivity index (χ0n) is 20.0. The maximum atomic E-state index is 5.57. The molecule has 7 nitrogen and oxygen atoms in total. The van der Waals surface area contributed by atoms with Crippen molar-refractivity contribution in [1.29, 1.82) is 0 Å². The minimum atomic E-state index is 0.497. The third-order valence-electron chi connectivity index (χ3n) is 6.45. The maximum Gasteiger partial charge on any atom is 0.191 e. The lowest BCUT2D eigenvalue weighted by Gasteiger charge is -2.39. The van der Waals surface area contributed by atoms with Crippen LogP contribution in [-0.2, 0) is 17.7 Å². The summed E-state index contributed by atoms with van der Waals surface area (Å²) in [6.45, 7) is 10.8. The molecular formula is C25H40N6O. The van der Waals surface area contributed by atoms with Crippen LogP contribution < -0.4 is 10.6 Å². The van der Waals surface area contributed by atoms with E-state index >= 15 is 0 Å². The van der Waals surface area contributed by atoms with Gasteiger partial charge in [0.05, 0.1) is 13.2 Å². The highest BCUT2D eigenvalue weighted by molar-refractivity contribution is 5.79. The maximum absolute atomic E-state index is 5.57. The molecule has 7 heteroatoms. The number of aliphatic imine (C=N–C) groups is 1. The number of nitrogens with one attached hydrogen (secondary N) is 2. The highest BCUT2D eigenvalue weighted by Crippen LogP contribution is 2.19. The van der Waals surface area contributed by atoms with Crippen LogP contribution in [0.3, 0.4) is 0 Å². The van der Waals surface area contributed by atoms with Gasteiger partial charge in [-0.25, -0.2) is 4.98 Å². The van der Waals surface area contributed by atoms with E-state index in [0.717, 1.165) is 64.1 Å². The van der Waals surface area contributed by atoms with Crippen LogP contribution in [0.2, 0.25) is 0 Å². The molecule has 1 aromatic carbocycles. The Hall–Kier alpha value is -2.38. The molecule has 2 heterocycles. The SMILES string of the molecule is CCC(CC)C(CNC(=NC)NCCc1nccn1Cc1ccccc1)N1CCOCC1. The van der Waals surface area contributed by atoms with Crippen molar-refractivity contribution in [3.05, 3.63) is 54.1 Å². The number of ether oxygens (including phenoxy) is 1. The molecule has 1 aliphatic heterocycles. The monoisotopic (exact) mass is 440 g/mol. The highest BCUT2D eigenvalue weighted by Gasteiger charge is 2.27. The fourth-order valence-corrected chi connectivity index (χ4v) is 4.54. The number of aromatic nitrogens is 2. The van der Waals surface area contributed by atoms with Crippen molar-refractivity contribution in [2.24, 2.45) is 10.9 Å². The van der Waals surface area contributed by atoms with E-state index < -0.39 is 0 Å². The second kappa shape index (κ2) is 13.2. The predicted octanol–water partition coefficient (Wildman–Crippen LogP) is 2.78. The fraction of sp³-hybridized carbons (Fsp3) is 0.600. The van der Waals surface area contributed by atoms with E-state index in [0.29, 0.717) is 12.0 Å². The van der Waals surface area contributed by atoms with E-state index in [4.69, 9.17) is 4.74 Å². The van der Waals surface area contributed by atoms with Gasteiger partial charge < -0.3 is 19.9 Å². The molecule has 1 fully saturated rings. The number of hydrogen-bond donors (Lipinski definition) is 2. The molecule has 32 heavy (non-hydrogen) atoms. The van der Waals surface area contributed by atoms with Crippen LogP contribution in [0.15, 0.2) is 47.7 Å². The highest BCUT2D eigenvalue weighted by atomic mass is 16.5. The normalized spacial score (nSPS) is 16.3. The number of rotatable bonds is 11. The Morgan fingerprint density at radius 2 is 1.88 bits per heavy atom. The molecule has 0 bridgehead atoms. The number of guanidine groups is 1. The van der Waals surface area contributed by atoms with Gasteiger partial charge in [0, 0.05) is 64.6 Å². The first-order valence-corrected chi connectivity index (χ1v) is 12.0. The molecule has 1 atom stereocenters. The average molecular weight is 441 g/mol. The summed E-state index contributed by atoms with van der Waals surface area (Å²) in [5.41, 5.74) is 1.28. The smallest absolute Gasteiger partial charge is 0.191 e. The molecule has 2 N–H and O–H groups in total. The zero-order valence-corrected chi connectivity index (χ0v) is 20.0. The van der Waals surface area contributed by atoms with Gasteiger partial charge in [-0.3, -0.25) is 9.89 Å². The Kier molecular flexibility index (Phi) is 10.0. The number of hydrogen-bond acceptors (Lipinski definition) is 4.